The van der Waals surface area contributed by atoms with Crippen LogP contribution in [0.2, 0.25) is 0 Å². The van der Waals surface area contributed by atoms with E-state index in [9.17, 15) is 4.79 Å². The first-order valence-corrected chi connectivity index (χ1v) is 7.17. The maximum atomic E-state index is 11.1. The molecule has 0 aliphatic heterocycles. The number of amides is 1. The van der Waals surface area contributed by atoms with Gasteiger partial charge in [0.2, 0.25) is 5.91 Å². The van der Waals surface area contributed by atoms with Gasteiger partial charge in [0.1, 0.15) is 11.4 Å². The van der Waals surface area contributed by atoms with E-state index in [1.807, 2.05) is 17.5 Å². The number of aromatic nitrogens is 3. The molecule has 0 radical (unpaired) electrons. The average Bonchev–Trinajstić information content (AvgIpc) is 3.15. The minimum Gasteiger partial charge on any atom is -0.366 e. The fourth-order valence-electron chi connectivity index (χ4n) is 2.06. The van der Waals surface area contributed by atoms with Crippen LogP contribution in [0.1, 0.15) is 16.1 Å². The second-order valence-electron chi connectivity index (χ2n) is 4.39. The van der Waals surface area contributed by atoms with Crippen molar-refractivity contribution in [1.82, 2.24) is 15.0 Å². The summed E-state index contributed by atoms with van der Waals surface area (Å²) in [6.07, 6.45) is 0. The molecule has 106 valence electrons. The Hall–Kier alpha value is -2.51. The van der Waals surface area contributed by atoms with Gasteiger partial charge in [-0.05, 0) is 35.7 Å². The van der Waals surface area contributed by atoms with Crippen LogP contribution in [0, 0.1) is 0 Å². The molecule has 7 heteroatoms. The predicted octanol–water partition coefficient (Wildman–Crippen LogP) is 1.55. The van der Waals surface area contributed by atoms with Gasteiger partial charge in [0, 0.05) is 12.1 Å². The summed E-state index contributed by atoms with van der Waals surface area (Å²) < 4.78 is 1.72. The van der Waals surface area contributed by atoms with E-state index < -0.39 is 5.91 Å². The zero-order chi connectivity index (χ0) is 14.8. The van der Waals surface area contributed by atoms with Crippen LogP contribution in [0.3, 0.4) is 0 Å². The number of hydrogen-bond acceptors (Lipinski definition) is 5. The van der Waals surface area contributed by atoms with Crippen LogP contribution in [0.5, 0.6) is 0 Å². The molecule has 0 saturated heterocycles. The second kappa shape index (κ2) is 5.47. The number of rotatable bonds is 4. The van der Waals surface area contributed by atoms with Crippen molar-refractivity contribution in [2.24, 2.45) is 11.5 Å². The van der Waals surface area contributed by atoms with Gasteiger partial charge in [0.25, 0.3) is 0 Å². The Kier molecular flexibility index (Phi) is 3.51. The topological polar surface area (TPSA) is 99.8 Å². The number of benzene rings is 1. The van der Waals surface area contributed by atoms with Crippen LogP contribution in [-0.4, -0.2) is 20.9 Å². The molecule has 4 N–H and O–H groups in total. The molecule has 0 bridgehead atoms. The monoisotopic (exact) mass is 299 g/mol. The van der Waals surface area contributed by atoms with Crippen molar-refractivity contribution in [2.45, 2.75) is 6.54 Å². The lowest BCUT2D eigenvalue weighted by Gasteiger charge is -2.06. The van der Waals surface area contributed by atoms with Crippen molar-refractivity contribution in [3.63, 3.8) is 0 Å². The first-order valence-electron chi connectivity index (χ1n) is 6.29. The Morgan fingerprint density at radius 3 is 2.57 bits per heavy atom. The highest BCUT2D eigenvalue weighted by atomic mass is 32.1. The number of nitrogens with zero attached hydrogens (tertiary/aromatic N) is 3. The first kappa shape index (κ1) is 13.5. The maximum Gasteiger partial charge on any atom is 0.248 e. The van der Waals surface area contributed by atoms with Crippen LogP contribution >= 0.6 is 11.3 Å². The Morgan fingerprint density at radius 1 is 1.24 bits per heavy atom. The molecule has 0 atom stereocenters. The van der Waals surface area contributed by atoms with Gasteiger partial charge >= 0.3 is 0 Å². The minimum absolute atomic E-state index is 0.312. The largest absolute Gasteiger partial charge is 0.366 e. The van der Waals surface area contributed by atoms with Crippen molar-refractivity contribution in [3.05, 3.63) is 53.0 Å². The van der Waals surface area contributed by atoms with Crippen molar-refractivity contribution in [2.75, 3.05) is 0 Å². The number of nitrogens with two attached hydrogens (primary N) is 2. The summed E-state index contributed by atoms with van der Waals surface area (Å²) in [4.78, 5) is 12.2. The van der Waals surface area contributed by atoms with Gasteiger partial charge in [-0.1, -0.05) is 11.3 Å². The second-order valence-corrected chi connectivity index (χ2v) is 5.34. The Bertz CT molecular complexity index is 761. The molecule has 0 spiro atoms. The molecule has 1 amide bonds. The Labute approximate surface area is 125 Å². The van der Waals surface area contributed by atoms with Gasteiger partial charge in [-0.2, -0.15) is 0 Å². The summed E-state index contributed by atoms with van der Waals surface area (Å²) >= 11 is 1.60. The molecule has 0 unspecified atom stereocenters. The van der Waals surface area contributed by atoms with E-state index in [-0.39, 0.29) is 0 Å². The third kappa shape index (κ3) is 2.44. The number of thiophene rings is 1. The molecule has 6 nitrogen and oxygen atoms in total. The van der Waals surface area contributed by atoms with Gasteiger partial charge < -0.3 is 11.5 Å². The van der Waals surface area contributed by atoms with Crippen LogP contribution in [-0.2, 0) is 6.54 Å². The van der Waals surface area contributed by atoms with E-state index in [2.05, 4.69) is 10.3 Å². The smallest absolute Gasteiger partial charge is 0.248 e. The summed E-state index contributed by atoms with van der Waals surface area (Å²) in [5.74, 6) is -0.457. The van der Waals surface area contributed by atoms with Crippen LogP contribution < -0.4 is 11.5 Å². The number of carbonyl (C=O) groups excluding carboxylic acids is 1. The summed E-state index contributed by atoms with van der Waals surface area (Å²) in [7, 11) is 0. The molecule has 2 aromatic heterocycles. The average molecular weight is 299 g/mol. The van der Waals surface area contributed by atoms with Crippen molar-refractivity contribution in [1.29, 1.82) is 0 Å². The highest BCUT2D eigenvalue weighted by molar-refractivity contribution is 7.13. The zero-order valence-corrected chi connectivity index (χ0v) is 11.9. The Morgan fingerprint density at radius 2 is 2.00 bits per heavy atom. The van der Waals surface area contributed by atoms with E-state index in [1.165, 1.54) is 0 Å². The molecule has 21 heavy (non-hydrogen) atoms. The van der Waals surface area contributed by atoms with Crippen molar-refractivity contribution in [3.8, 4) is 16.3 Å². The maximum absolute atomic E-state index is 11.1. The highest BCUT2D eigenvalue weighted by Gasteiger charge is 2.16. The third-order valence-corrected chi connectivity index (χ3v) is 3.96. The van der Waals surface area contributed by atoms with Crippen molar-refractivity contribution >= 4 is 17.2 Å². The van der Waals surface area contributed by atoms with Gasteiger partial charge in [-0.3, -0.25) is 4.79 Å². The number of hydrogen-bond donors (Lipinski definition) is 2. The summed E-state index contributed by atoms with van der Waals surface area (Å²) in [5.41, 5.74) is 13.8. The third-order valence-electron chi connectivity index (χ3n) is 3.08. The SMILES string of the molecule is NCc1nnn(-c2ccc(C(N)=O)cc2)c1-c1cccs1. The van der Waals surface area contributed by atoms with Crippen LogP contribution in [0.25, 0.3) is 16.3 Å². The number of primary amides is 1. The molecule has 0 aliphatic carbocycles. The molecule has 3 aromatic rings. The van der Waals surface area contributed by atoms with Crippen LogP contribution in [0.4, 0.5) is 0 Å². The van der Waals surface area contributed by atoms with Gasteiger partial charge in [-0.25, -0.2) is 4.68 Å². The van der Waals surface area contributed by atoms with Crippen LogP contribution in [0.15, 0.2) is 41.8 Å². The van der Waals surface area contributed by atoms with E-state index in [1.54, 1.807) is 40.3 Å². The van der Waals surface area contributed by atoms with Gasteiger partial charge in [-0.15, -0.1) is 16.4 Å². The quantitative estimate of drug-likeness (QED) is 0.763. The lowest BCUT2D eigenvalue weighted by molar-refractivity contribution is 0.100. The van der Waals surface area contributed by atoms with E-state index in [0.717, 1.165) is 22.0 Å². The molecule has 3 rings (SSSR count). The standard InChI is InChI=1S/C14H13N5OS/c15-8-11-13(12-2-1-7-21-12)19(18-17-11)10-5-3-9(4-6-10)14(16)20/h1-7H,8,15H2,(H2,16,20). The highest BCUT2D eigenvalue weighted by Crippen LogP contribution is 2.28. The van der Waals surface area contributed by atoms with E-state index in [0.29, 0.717) is 12.1 Å². The van der Waals surface area contributed by atoms with Gasteiger partial charge in [0.05, 0.1) is 10.6 Å². The molecule has 0 fully saturated rings. The fourth-order valence-corrected chi connectivity index (χ4v) is 2.83. The zero-order valence-electron chi connectivity index (χ0n) is 11.1. The lowest BCUT2D eigenvalue weighted by Crippen LogP contribution is -2.11. The van der Waals surface area contributed by atoms with E-state index >= 15 is 0 Å². The first-order chi connectivity index (χ1) is 10.2. The molecule has 0 saturated carbocycles. The summed E-state index contributed by atoms with van der Waals surface area (Å²) in [6.45, 7) is 0.312. The summed E-state index contributed by atoms with van der Waals surface area (Å²) in [6, 6.07) is 10.9. The fraction of sp³-hybridized carbons (Fsp3) is 0.0714. The normalized spacial score (nSPS) is 10.7. The minimum atomic E-state index is -0.457. The molecule has 1 aromatic carbocycles. The predicted molar refractivity (Wildman–Crippen MR) is 81.1 cm³/mol. The molecule has 2 heterocycles. The Balaban J connectivity index is 2.10. The van der Waals surface area contributed by atoms with E-state index in [4.69, 9.17) is 11.5 Å². The lowest BCUT2D eigenvalue weighted by atomic mass is 10.2. The molecular weight excluding hydrogens is 286 g/mol. The van der Waals surface area contributed by atoms with Gasteiger partial charge in [0.15, 0.2) is 0 Å². The number of carbonyl (C=O) groups is 1. The molecule has 0 aliphatic rings. The summed E-state index contributed by atoms with van der Waals surface area (Å²) in [5, 5.41) is 10.3. The molecular formula is C14H13N5OS. The van der Waals surface area contributed by atoms with Crippen molar-refractivity contribution < 1.29 is 4.79 Å².